The van der Waals surface area contributed by atoms with Crippen molar-refractivity contribution in [3.8, 4) is 0 Å². The summed E-state index contributed by atoms with van der Waals surface area (Å²) in [5, 5.41) is 9.61. The minimum Gasteiger partial charge on any atom is -0.481 e. The zero-order valence-electron chi connectivity index (χ0n) is 12.1. The molecule has 0 amide bonds. The zero-order valence-corrected chi connectivity index (χ0v) is 12.1. The molecule has 1 saturated heterocycles. The molecular formula is C17H23NO2. The largest absolute Gasteiger partial charge is 0.481 e. The first kappa shape index (κ1) is 13.6. The summed E-state index contributed by atoms with van der Waals surface area (Å²) in [5.41, 5.74) is 1.29. The van der Waals surface area contributed by atoms with E-state index in [4.69, 9.17) is 0 Å². The number of hydrogen-bond acceptors (Lipinski definition) is 2. The number of benzene rings is 1. The Morgan fingerprint density at radius 3 is 2.60 bits per heavy atom. The number of carbonyl (C=O) groups is 1. The van der Waals surface area contributed by atoms with E-state index in [2.05, 4.69) is 24.0 Å². The van der Waals surface area contributed by atoms with Gasteiger partial charge in [-0.25, -0.2) is 0 Å². The molecule has 108 valence electrons. The maximum Gasteiger partial charge on any atom is 0.308 e. The molecule has 2 aliphatic rings. The average molecular weight is 273 g/mol. The van der Waals surface area contributed by atoms with Gasteiger partial charge in [-0.1, -0.05) is 37.3 Å². The zero-order chi connectivity index (χ0) is 14.2. The third-order valence-electron chi connectivity index (χ3n) is 5.25. The van der Waals surface area contributed by atoms with Crippen molar-refractivity contribution < 1.29 is 9.90 Å². The Morgan fingerprint density at radius 2 is 2.05 bits per heavy atom. The lowest BCUT2D eigenvalue weighted by atomic mass is 9.72. The van der Waals surface area contributed by atoms with Gasteiger partial charge in [-0.15, -0.1) is 0 Å². The van der Waals surface area contributed by atoms with E-state index in [-0.39, 0.29) is 11.3 Å². The standard InChI is InChI=1S/C17H23NO2/c1-2-17(14-8-9-14)12-18(11-15(17)16(19)20)10-13-6-4-3-5-7-13/h3-7,14-15H,2,8-12H2,1H3,(H,19,20). The molecule has 3 rings (SSSR count). The summed E-state index contributed by atoms with van der Waals surface area (Å²) < 4.78 is 0. The van der Waals surface area contributed by atoms with Crippen molar-refractivity contribution in [3.05, 3.63) is 35.9 Å². The molecule has 1 aromatic carbocycles. The molecule has 3 nitrogen and oxygen atoms in total. The van der Waals surface area contributed by atoms with Gasteiger partial charge in [-0.05, 0) is 30.7 Å². The molecule has 0 aromatic heterocycles. The Hall–Kier alpha value is -1.35. The van der Waals surface area contributed by atoms with E-state index in [0.717, 1.165) is 19.5 Å². The van der Waals surface area contributed by atoms with Crippen LogP contribution in [0.15, 0.2) is 30.3 Å². The normalized spacial score (nSPS) is 30.6. The number of aliphatic carboxylic acids is 1. The van der Waals surface area contributed by atoms with Crippen LogP contribution in [0.1, 0.15) is 31.7 Å². The molecule has 2 fully saturated rings. The summed E-state index contributed by atoms with van der Waals surface area (Å²) in [6.45, 7) is 4.69. The molecule has 1 saturated carbocycles. The summed E-state index contributed by atoms with van der Waals surface area (Å²) in [6, 6.07) is 10.4. The molecule has 0 spiro atoms. The first-order valence-electron chi connectivity index (χ1n) is 7.65. The van der Waals surface area contributed by atoms with Crippen LogP contribution in [0.3, 0.4) is 0 Å². The monoisotopic (exact) mass is 273 g/mol. The third-order valence-corrected chi connectivity index (χ3v) is 5.25. The lowest BCUT2D eigenvalue weighted by Crippen LogP contribution is -2.36. The number of hydrogen-bond donors (Lipinski definition) is 1. The van der Waals surface area contributed by atoms with Crippen LogP contribution in [-0.4, -0.2) is 29.1 Å². The van der Waals surface area contributed by atoms with E-state index in [9.17, 15) is 9.90 Å². The fraction of sp³-hybridized carbons (Fsp3) is 0.588. The van der Waals surface area contributed by atoms with Crippen molar-refractivity contribution in [2.75, 3.05) is 13.1 Å². The molecule has 1 aliphatic carbocycles. The Balaban J connectivity index is 1.78. The Morgan fingerprint density at radius 1 is 1.35 bits per heavy atom. The molecule has 2 unspecified atom stereocenters. The molecule has 0 radical (unpaired) electrons. The fourth-order valence-corrected chi connectivity index (χ4v) is 4.04. The number of rotatable bonds is 5. The Labute approximate surface area is 120 Å². The molecule has 1 aromatic rings. The van der Waals surface area contributed by atoms with Gasteiger partial charge in [0.2, 0.25) is 0 Å². The van der Waals surface area contributed by atoms with Gasteiger partial charge in [-0.2, -0.15) is 0 Å². The summed E-state index contributed by atoms with van der Waals surface area (Å²) in [6.07, 6.45) is 3.42. The predicted octanol–water partition coefficient (Wildman–Crippen LogP) is 3.01. The van der Waals surface area contributed by atoms with Gasteiger partial charge in [0.25, 0.3) is 0 Å². The van der Waals surface area contributed by atoms with Crippen LogP contribution in [0.2, 0.25) is 0 Å². The van der Waals surface area contributed by atoms with Crippen molar-refractivity contribution in [1.29, 1.82) is 0 Å². The molecule has 1 heterocycles. The third kappa shape index (κ3) is 2.35. The van der Waals surface area contributed by atoms with E-state index in [1.54, 1.807) is 0 Å². The molecule has 2 atom stereocenters. The lowest BCUT2D eigenvalue weighted by Gasteiger charge is -2.32. The highest BCUT2D eigenvalue weighted by Gasteiger charge is 2.56. The average Bonchev–Trinajstić information content (AvgIpc) is 3.23. The van der Waals surface area contributed by atoms with Crippen LogP contribution in [0.5, 0.6) is 0 Å². The topological polar surface area (TPSA) is 40.5 Å². The predicted molar refractivity (Wildman–Crippen MR) is 78.3 cm³/mol. The first-order valence-corrected chi connectivity index (χ1v) is 7.65. The molecule has 1 N–H and O–H groups in total. The van der Waals surface area contributed by atoms with Gasteiger partial charge in [0.15, 0.2) is 0 Å². The number of likely N-dealkylation sites (tertiary alicyclic amines) is 1. The van der Waals surface area contributed by atoms with Crippen LogP contribution >= 0.6 is 0 Å². The smallest absolute Gasteiger partial charge is 0.308 e. The van der Waals surface area contributed by atoms with E-state index in [0.29, 0.717) is 12.5 Å². The minimum atomic E-state index is -0.602. The second-order valence-corrected chi connectivity index (χ2v) is 6.41. The summed E-state index contributed by atoms with van der Waals surface area (Å²) >= 11 is 0. The number of carboxylic acid groups (broad SMARTS) is 1. The van der Waals surface area contributed by atoms with Crippen LogP contribution in [0.4, 0.5) is 0 Å². The van der Waals surface area contributed by atoms with E-state index >= 15 is 0 Å². The summed E-state index contributed by atoms with van der Waals surface area (Å²) in [4.78, 5) is 14.0. The molecule has 1 aliphatic heterocycles. The molecule has 3 heteroatoms. The fourth-order valence-electron chi connectivity index (χ4n) is 4.04. The van der Waals surface area contributed by atoms with E-state index in [1.165, 1.54) is 18.4 Å². The van der Waals surface area contributed by atoms with Gasteiger partial charge in [0.05, 0.1) is 5.92 Å². The summed E-state index contributed by atoms with van der Waals surface area (Å²) in [5.74, 6) is -0.160. The van der Waals surface area contributed by atoms with Crippen molar-refractivity contribution in [1.82, 2.24) is 4.90 Å². The highest BCUT2D eigenvalue weighted by atomic mass is 16.4. The Kier molecular flexibility index (Phi) is 3.55. The van der Waals surface area contributed by atoms with Crippen LogP contribution in [0.25, 0.3) is 0 Å². The SMILES string of the molecule is CCC1(C2CC2)CN(Cc2ccccc2)CC1C(=O)O. The highest BCUT2D eigenvalue weighted by molar-refractivity contribution is 5.72. The highest BCUT2D eigenvalue weighted by Crippen LogP contribution is 2.55. The van der Waals surface area contributed by atoms with Crippen molar-refractivity contribution in [3.63, 3.8) is 0 Å². The van der Waals surface area contributed by atoms with Crippen LogP contribution in [0, 0.1) is 17.3 Å². The molecule has 0 bridgehead atoms. The van der Waals surface area contributed by atoms with Crippen LogP contribution in [-0.2, 0) is 11.3 Å². The van der Waals surface area contributed by atoms with Gasteiger partial charge < -0.3 is 5.11 Å². The Bertz CT molecular complexity index is 483. The van der Waals surface area contributed by atoms with E-state index in [1.807, 2.05) is 18.2 Å². The minimum absolute atomic E-state index is 0.0145. The van der Waals surface area contributed by atoms with Crippen LogP contribution < -0.4 is 0 Å². The van der Waals surface area contributed by atoms with Crippen molar-refractivity contribution in [2.24, 2.45) is 17.3 Å². The number of carboxylic acids is 1. The molecular weight excluding hydrogens is 250 g/mol. The van der Waals surface area contributed by atoms with Gasteiger partial charge in [-0.3, -0.25) is 9.69 Å². The van der Waals surface area contributed by atoms with Gasteiger partial charge >= 0.3 is 5.97 Å². The van der Waals surface area contributed by atoms with Crippen molar-refractivity contribution >= 4 is 5.97 Å². The van der Waals surface area contributed by atoms with Gasteiger partial charge in [0.1, 0.15) is 0 Å². The quantitative estimate of drug-likeness (QED) is 0.896. The second kappa shape index (κ2) is 5.21. The maximum atomic E-state index is 11.7. The second-order valence-electron chi connectivity index (χ2n) is 6.41. The lowest BCUT2D eigenvalue weighted by molar-refractivity contribution is -0.145. The molecule has 20 heavy (non-hydrogen) atoms. The summed E-state index contributed by atoms with van der Waals surface area (Å²) in [7, 11) is 0. The maximum absolute atomic E-state index is 11.7. The van der Waals surface area contributed by atoms with Crippen molar-refractivity contribution in [2.45, 2.75) is 32.7 Å². The first-order chi connectivity index (χ1) is 9.65. The number of nitrogens with zero attached hydrogens (tertiary/aromatic N) is 1. The van der Waals surface area contributed by atoms with Gasteiger partial charge in [0, 0.05) is 25.0 Å². The van der Waals surface area contributed by atoms with E-state index < -0.39 is 5.97 Å².